The SMILES string of the molecule is CC.CC.CC.CC.O=CO.O=CS.O=CS.S=CS.[Tb].[Tb].[Tb].[Tb]. The van der Waals surface area contributed by atoms with Crippen molar-refractivity contribution in [3.63, 3.8) is 0 Å². The van der Waals surface area contributed by atoms with Crippen LogP contribution < -0.4 is 0 Å². The summed E-state index contributed by atoms with van der Waals surface area (Å²) >= 11 is 13.8. The van der Waals surface area contributed by atoms with E-state index in [9.17, 15) is 0 Å². The predicted octanol–water partition coefficient (Wildman–Crippen LogP) is 4.89. The number of thiol groups is 3. The van der Waals surface area contributed by atoms with Crippen LogP contribution in [0.5, 0.6) is 0 Å². The second kappa shape index (κ2) is 249. The molecule has 0 spiro atoms. The summed E-state index contributed by atoms with van der Waals surface area (Å²) in [7, 11) is 0. The quantitative estimate of drug-likeness (QED) is 0.158. The van der Waals surface area contributed by atoms with Gasteiger partial charge in [-0.3, -0.25) is 14.4 Å². The molecular formula is C12H32O4S4Tb4. The van der Waals surface area contributed by atoms with Crippen LogP contribution in [0.1, 0.15) is 55.4 Å². The first-order valence-corrected chi connectivity index (χ1v) is 8.00. The third kappa shape index (κ3) is 711. The van der Waals surface area contributed by atoms with E-state index in [2.05, 4.69) is 50.1 Å². The molecule has 0 aromatic carbocycles. The first-order chi connectivity index (χ1) is 9.66. The zero-order chi connectivity index (χ0) is 18.8. The van der Waals surface area contributed by atoms with Crippen LogP contribution in [0.3, 0.4) is 0 Å². The van der Waals surface area contributed by atoms with Crippen LogP contribution in [0.15, 0.2) is 0 Å². The van der Waals surface area contributed by atoms with E-state index < -0.39 is 0 Å². The molecule has 0 rings (SSSR count). The van der Waals surface area contributed by atoms with Crippen molar-refractivity contribution in [1.29, 1.82) is 0 Å². The Bertz CT molecular complexity index is 97.1. The minimum atomic E-state index is -0.250. The minimum absolute atomic E-state index is 0. The van der Waals surface area contributed by atoms with Gasteiger partial charge in [0.2, 0.25) is 0 Å². The standard InChI is InChI=1S/4C2H6.CH2O2.2CH2OS.CH2S2.4Tb/c4*1-2;4*2-1-3;;;;/h4*1-2H3;4*1H,(H,2,3);;;;. The molecule has 0 saturated carbocycles. The third-order valence-corrected chi connectivity index (χ3v) is 0. The van der Waals surface area contributed by atoms with E-state index in [-0.39, 0.29) is 161 Å². The molecule has 12 heteroatoms. The van der Waals surface area contributed by atoms with Gasteiger partial charge in [-0.2, -0.15) is 0 Å². The van der Waals surface area contributed by atoms with Gasteiger partial charge in [0.25, 0.3) is 6.47 Å². The molecule has 1 N–H and O–H groups in total. The molecular weight excluding hydrogens is 972 g/mol. The van der Waals surface area contributed by atoms with E-state index in [0.29, 0.717) is 11.2 Å². The molecule has 4 radical (unpaired) electrons. The second-order valence-corrected chi connectivity index (χ2v) is 1.69. The Morgan fingerprint density at radius 1 is 0.625 bits per heavy atom. The van der Waals surface area contributed by atoms with Crippen molar-refractivity contribution in [3.8, 4) is 0 Å². The average Bonchev–Trinajstić information content (AvgIpc) is 2.50. The fraction of sp³-hybridized carbons (Fsp3) is 0.667. The van der Waals surface area contributed by atoms with Gasteiger partial charge in [-0.15, -0.1) is 37.9 Å². The number of carbonyl (C=O) groups excluding carboxylic acids is 2. The Labute approximate surface area is 295 Å². The third-order valence-electron chi connectivity index (χ3n) is 0. The monoisotopic (exact) mass is 1000 g/mol. The first kappa shape index (κ1) is 78.6. The topological polar surface area (TPSA) is 71.4 Å². The molecule has 0 aliphatic carbocycles. The molecule has 4 nitrogen and oxygen atoms in total. The van der Waals surface area contributed by atoms with Crippen LogP contribution in [-0.4, -0.2) is 27.5 Å². The Morgan fingerprint density at radius 2 is 0.625 bits per heavy atom. The van der Waals surface area contributed by atoms with Crippen LogP contribution in [0, 0.1) is 154 Å². The van der Waals surface area contributed by atoms with E-state index in [1.54, 1.807) is 0 Å². The average molecular weight is 1000 g/mol. The maximum Gasteiger partial charge on any atom is 0.290 e. The van der Waals surface area contributed by atoms with Gasteiger partial charge >= 0.3 is 0 Å². The van der Waals surface area contributed by atoms with Gasteiger partial charge in [-0.1, -0.05) is 67.6 Å². The fourth-order valence-electron chi connectivity index (χ4n) is 0. The Morgan fingerprint density at radius 3 is 0.625 bits per heavy atom. The van der Waals surface area contributed by atoms with E-state index in [4.69, 9.17) is 19.5 Å². The molecule has 0 unspecified atom stereocenters. The maximum absolute atomic E-state index is 8.67. The summed E-state index contributed by atoms with van der Waals surface area (Å²) in [6, 6.07) is 0. The molecule has 0 aromatic rings. The molecule has 0 fully saturated rings. The van der Waals surface area contributed by atoms with Gasteiger partial charge in [0.05, 0.1) is 0 Å². The number of hydrogen-bond acceptors (Lipinski definition) is 4. The Balaban J connectivity index is -0.00000000675. The number of carbonyl (C=O) groups is 3. The summed E-state index contributed by atoms with van der Waals surface area (Å²) in [6.45, 7) is 15.8. The van der Waals surface area contributed by atoms with Crippen molar-refractivity contribution in [2.24, 2.45) is 0 Å². The molecule has 0 aromatic heterocycles. The van der Waals surface area contributed by atoms with Crippen molar-refractivity contribution in [2.45, 2.75) is 55.4 Å². The van der Waals surface area contributed by atoms with E-state index >= 15 is 0 Å². The maximum atomic E-state index is 8.67. The summed E-state index contributed by atoms with van der Waals surface area (Å²) < 4.78 is 1.28. The van der Waals surface area contributed by atoms with Crippen molar-refractivity contribution in [2.75, 3.05) is 0 Å². The van der Waals surface area contributed by atoms with Gasteiger partial charge in [0.15, 0.2) is 11.2 Å². The summed E-state index contributed by atoms with van der Waals surface area (Å²) in [4.78, 5) is 25.7. The predicted molar refractivity (Wildman–Crippen MR) is 108 cm³/mol. The van der Waals surface area contributed by atoms with Crippen LogP contribution >= 0.6 is 50.1 Å². The van der Waals surface area contributed by atoms with E-state index in [0.717, 1.165) is 0 Å². The number of thiocarbonyl (C=S) groups is 1. The van der Waals surface area contributed by atoms with Crippen LogP contribution in [-0.2, 0) is 14.4 Å². The van der Waals surface area contributed by atoms with Gasteiger partial charge in [0, 0.05) is 159 Å². The molecule has 0 aliphatic rings. The van der Waals surface area contributed by atoms with Crippen LogP contribution in [0.2, 0.25) is 0 Å². The smallest absolute Gasteiger partial charge is 0.290 e. The molecule has 0 atom stereocenters. The van der Waals surface area contributed by atoms with Crippen molar-refractivity contribution in [1.82, 2.24) is 0 Å². The number of hydrogen-bond donors (Lipinski definition) is 4. The number of carboxylic acid groups (broad SMARTS) is 1. The largest absolute Gasteiger partial charge is 0.483 e. The molecule has 0 amide bonds. The van der Waals surface area contributed by atoms with Crippen molar-refractivity contribution < 1.29 is 174 Å². The molecule has 0 saturated heterocycles. The zero-order valence-electron chi connectivity index (χ0n) is 15.1. The van der Waals surface area contributed by atoms with Crippen LogP contribution in [0.25, 0.3) is 0 Å². The Hall–Kier alpha value is 5.09. The molecule has 0 aliphatic heterocycles. The van der Waals surface area contributed by atoms with E-state index in [1.165, 1.54) is 4.70 Å². The van der Waals surface area contributed by atoms with Crippen LogP contribution in [0.4, 0.5) is 0 Å². The van der Waals surface area contributed by atoms with Gasteiger partial charge in [-0.05, 0) is 0 Å². The zero-order valence-corrected chi connectivity index (χ0v) is 27.1. The number of rotatable bonds is 0. The summed E-state index contributed by atoms with van der Waals surface area (Å²) in [5.41, 5.74) is 0.889. The van der Waals surface area contributed by atoms with Gasteiger partial charge in [0.1, 0.15) is 0 Å². The molecule has 0 heterocycles. The van der Waals surface area contributed by atoms with Crippen molar-refractivity contribution >= 4 is 72.5 Å². The van der Waals surface area contributed by atoms with E-state index in [1.807, 2.05) is 55.4 Å². The van der Waals surface area contributed by atoms with Gasteiger partial charge in [-0.25, -0.2) is 0 Å². The summed E-state index contributed by atoms with van der Waals surface area (Å²) in [6.07, 6.45) is 0. The summed E-state index contributed by atoms with van der Waals surface area (Å²) in [5.74, 6) is 0. The van der Waals surface area contributed by atoms with Crippen molar-refractivity contribution in [3.05, 3.63) is 0 Å². The Kier molecular flexibility index (Phi) is 817. The second-order valence-electron chi connectivity index (χ2n) is 0.422. The molecule has 24 heavy (non-hydrogen) atoms. The fourth-order valence-corrected chi connectivity index (χ4v) is 0. The van der Waals surface area contributed by atoms with Gasteiger partial charge < -0.3 is 5.11 Å². The summed E-state index contributed by atoms with van der Waals surface area (Å²) in [5, 5.41) is 6.89. The first-order valence-electron chi connectivity index (χ1n) is 5.98. The minimum Gasteiger partial charge on any atom is -0.483 e. The molecule has 164 valence electrons. The molecule has 0 bridgehead atoms. The normalized spacial score (nSPS) is 3.12.